The number of aryl methyl sites for hydroxylation is 1. The van der Waals surface area contributed by atoms with Crippen molar-refractivity contribution in [3.05, 3.63) is 18.0 Å². The van der Waals surface area contributed by atoms with Gasteiger partial charge >= 0.3 is 5.97 Å². The molecule has 0 spiro atoms. The molecule has 1 rings (SSSR count). The topological polar surface area (TPSA) is 88.4 Å². The lowest BCUT2D eigenvalue weighted by Crippen LogP contribution is -2.32. The van der Waals surface area contributed by atoms with E-state index in [1.165, 1.54) is 16.8 Å². The maximum Gasteiger partial charge on any atom is 0.352 e. The minimum Gasteiger partial charge on any atom is -0.477 e. The molecule has 0 bridgehead atoms. The molecule has 2 N–H and O–H groups in total. The van der Waals surface area contributed by atoms with Gasteiger partial charge in [0.15, 0.2) is 0 Å². The number of hydrogen-bond donors (Lipinski definition) is 2. The molecule has 21 heavy (non-hydrogen) atoms. The standard InChI is InChI=1S/C14H24N2O4S/c1-5-16-9-12(8-13(16)14(17)18)21(19,20)15-11(4)7-6-10(2)3/h8-11,15H,5-7H2,1-4H3,(H,17,18). The molecule has 0 saturated carbocycles. The van der Waals surface area contributed by atoms with Crippen LogP contribution in [-0.4, -0.2) is 30.1 Å². The Hall–Kier alpha value is -1.34. The van der Waals surface area contributed by atoms with Crippen molar-refractivity contribution in [1.82, 2.24) is 9.29 Å². The molecule has 0 radical (unpaired) electrons. The summed E-state index contributed by atoms with van der Waals surface area (Å²) < 4.78 is 28.6. The van der Waals surface area contributed by atoms with Crippen molar-refractivity contribution in [1.29, 1.82) is 0 Å². The van der Waals surface area contributed by atoms with Gasteiger partial charge in [-0.3, -0.25) is 0 Å². The maximum atomic E-state index is 12.3. The third-order valence-corrected chi connectivity index (χ3v) is 4.83. The second-order valence-corrected chi connectivity index (χ2v) is 7.36. The van der Waals surface area contributed by atoms with Gasteiger partial charge in [-0.2, -0.15) is 0 Å². The Bertz CT molecular complexity index is 590. The first-order valence-electron chi connectivity index (χ1n) is 7.13. The third-order valence-electron chi connectivity index (χ3n) is 3.27. The van der Waals surface area contributed by atoms with E-state index in [1.807, 2.05) is 6.92 Å². The smallest absolute Gasteiger partial charge is 0.352 e. The molecule has 1 aromatic heterocycles. The number of nitrogens with zero attached hydrogens (tertiary/aromatic N) is 1. The van der Waals surface area contributed by atoms with Crippen LogP contribution < -0.4 is 4.72 Å². The highest BCUT2D eigenvalue weighted by atomic mass is 32.2. The van der Waals surface area contributed by atoms with Crippen LogP contribution in [-0.2, 0) is 16.6 Å². The third kappa shape index (κ3) is 4.86. The highest BCUT2D eigenvalue weighted by Crippen LogP contribution is 2.16. The van der Waals surface area contributed by atoms with Crippen molar-refractivity contribution in [3.63, 3.8) is 0 Å². The van der Waals surface area contributed by atoms with E-state index >= 15 is 0 Å². The average molecular weight is 316 g/mol. The van der Waals surface area contributed by atoms with Crippen LogP contribution in [0.3, 0.4) is 0 Å². The predicted octanol–water partition coefficient (Wildman–Crippen LogP) is 2.31. The van der Waals surface area contributed by atoms with Crippen molar-refractivity contribution >= 4 is 16.0 Å². The molecular formula is C14H24N2O4S. The molecule has 120 valence electrons. The first-order valence-corrected chi connectivity index (χ1v) is 8.61. The maximum absolute atomic E-state index is 12.3. The summed E-state index contributed by atoms with van der Waals surface area (Å²) in [7, 11) is -3.69. The van der Waals surface area contributed by atoms with E-state index in [1.54, 1.807) is 6.92 Å². The van der Waals surface area contributed by atoms with Gasteiger partial charge in [0.25, 0.3) is 0 Å². The average Bonchev–Trinajstić information content (AvgIpc) is 2.80. The zero-order chi connectivity index (χ0) is 16.2. The number of sulfonamides is 1. The van der Waals surface area contributed by atoms with Crippen molar-refractivity contribution in [2.75, 3.05) is 0 Å². The monoisotopic (exact) mass is 316 g/mol. The Morgan fingerprint density at radius 1 is 1.33 bits per heavy atom. The van der Waals surface area contributed by atoms with Crippen LogP contribution in [0.15, 0.2) is 17.2 Å². The van der Waals surface area contributed by atoms with E-state index in [4.69, 9.17) is 5.11 Å². The van der Waals surface area contributed by atoms with Crippen molar-refractivity contribution in [2.45, 2.75) is 58.0 Å². The highest BCUT2D eigenvalue weighted by Gasteiger charge is 2.22. The number of carboxylic acids is 1. The zero-order valence-electron chi connectivity index (χ0n) is 13.0. The van der Waals surface area contributed by atoms with E-state index in [0.717, 1.165) is 12.8 Å². The summed E-state index contributed by atoms with van der Waals surface area (Å²) in [4.78, 5) is 11.1. The van der Waals surface area contributed by atoms with Gasteiger partial charge in [0.05, 0.1) is 0 Å². The SMILES string of the molecule is CCn1cc(S(=O)(=O)NC(C)CCC(C)C)cc1C(=O)O. The van der Waals surface area contributed by atoms with Crippen LogP contribution in [0.1, 0.15) is 51.0 Å². The minimum atomic E-state index is -3.69. The summed E-state index contributed by atoms with van der Waals surface area (Å²) in [6.07, 6.45) is 3.04. The van der Waals surface area contributed by atoms with Gasteiger partial charge in [-0.25, -0.2) is 17.9 Å². The molecule has 0 aliphatic carbocycles. The Balaban J connectivity index is 2.90. The second-order valence-electron chi connectivity index (χ2n) is 5.65. The van der Waals surface area contributed by atoms with E-state index in [9.17, 15) is 13.2 Å². The first kappa shape index (κ1) is 17.7. The van der Waals surface area contributed by atoms with Gasteiger partial charge in [-0.05, 0) is 38.7 Å². The van der Waals surface area contributed by atoms with Gasteiger partial charge in [0.2, 0.25) is 10.0 Å². The number of hydrogen-bond acceptors (Lipinski definition) is 3. The summed E-state index contributed by atoms with van der Waals surface area (Å²) in [5.41, 5.74) is -0.0206. The minimum absolute atomic E-state index is 0.00172. The lowest BCUT2D eigenvalue weighted by molar-refractivity contribution is 0.0685. The predicted molar refractivity (Wildman–Crippen MR) is 80.9 cm³/mol. The number of aromatic nitrogens is 1. The van der Waals surface area contributed by atoms with Crippen molar-refractivity contribution in [3.8, 4) is 0 Å². The van der Waals surface area contributed by atoms with Crippen LogP contribution in [0.5, 0.6) is 0 Å². The molecule has 1 heterocycles. The molecule has 6 nitrogen and oxygen atoms in total. The molecule has 0 aliphatic heterocycles. The molecule has 0 fully saturated rings. The first-order chi connectivity index (χ1) is 9.67. The largest absolute Gasteiger partial charge is 0.477 e. The number of carbonyl (C=O) groups is 1. The van der Waals surface area contributed by atoms with Crippen LogP contribution in [0.2, 0.25) is 0 Å². The molecule has 1 atom stereocenters. The van der Waals surface area contributed by atoms with Gasteiger partial charge in [-0.15, -0.1) is 0 Å². The fourth-order valence-corrected chi connectivity index (χ4v) is 3.36. The molecule has 7 heteroatoms. The molecule has 0 aromatic carbocycles. The molecular weight excluding hydrogens is 292 g/mol. The van der Waals surface area contributed by atoms with Crippen molar-refractivity contribution < 1.29 is 18.3 Å². The fraction of sp³-hybridized carbons (Fsp3) is 0.643. The van der Waals surface area contributed by atoms with Crippen LogP contribution in [0, 0.1) is 5.92 Å². The lowest BCUT2D eigenvalue weighted by Gasteiger charge is -2.14. The molecule has 0 saturated heterocycles. The van der Waals surface area contributed by atoms with E-state index < -0.39 is 16.0 Å². The fourth-order valence-electron chi connectivity index (χ4n) is 2.05. The Labute approximate surface area is 126 Å². The second kappa shape index (κ2) is 7.09. The van der Waals surface area contributed by atoms with Gasteiger partial charge in [-0.1, -0.05) is 13.8 Å². The molecule has 0 aliphatic rings. The van der Waals surface area contributed by atoms with E-state index in [0.29, 0.717) is 12.5 Å². The Morgan fingerprint density at radius 2 is 1.95 bits per heavy atom. The quantitative estimate of drug-likeness (QED) is 0.770. The highest BCUT2D eigenvalue weighted by molar-refractivity contribution is 7.89. The van der Waals surface area contributed by atoms with E-state index in [2.05, 4.69) is 18.6 Å². The number of carboxylic acid groups (broad SMARTS) is 1. The van der Waals surface area contributed by atoms with Gasteiger partial charge in [0, 0.05) is 18.8 Å². The van der Waals surface area contributed by atoms with Crippen molar-refractivity contribution in [2.24, 2.45) is 5.92 Å². The summed E-state index contributed by atoms with van der Waals surface area (Å²) in [5.74, 6) is -0.622. The number of nitrogens with one attached hydrogen (secondary N) is 1. The van der Waals surface area contributed by atoms with Gasteiger partial charge in [0.1, 0.15) is 10.6 Å². The summed E-state index contributed by atoms with van der Waals surface area (Å²) >= 11 is 0. The van der Waals surface area contributed by atoms with Crippen LogP contribution in [0.4, 0.5) is 0 Å². The normalized spacial score (nSPS) is 13.6. The Kier molecular flexibility index (Phi) is 5.98. The molecule has 1 aromatic rings. The summed E-state index contributed by atoms with van der Waals surface area (Å²) in [5, 5.41) is 9.07. The summed E-state index contributed by atoms with van der Waals surface area (Å²) in [6, 6.07) is 1.01. The van der Waals surface area contributed by atoms with Crippen LogP contribution >= 0.6 is 0 Å². The van der Waals surface area contributed by atoms with Crippen LogP contribution in [0.25, 0.3) is 0 Å². The van der Waals surface area contributed by atoms with Gasteiger partial charge < -0.3 is 9.67 Å². The summed E-state index contributed by atoms with van der Waals surface area (Å²) in [6.45, 7) is 8.15. The lowest BCUT2D eigenvalue weighted by atomic mass is 10.1. The molecule has 1 unspecified atom stereocenters. The number of aromatic carboxylic acids is 1. The number of rotatable bonds is 8. The van der Waals surface area contributed by atoms with E-state index in [-0.39, 0.29) is 16.6 Å². The zero-order valence-corrected chi connectivity index (χ0v) is 13.8. The Morgan fingerprint density at radius 3 is 2.38 bits per heavy atom. The molecule has 0 amide bonds.